The van der Waals surface area contributed by atoms with E-state index in [9.17, 15) is 0 Å². The van der Waals surface area contributed by atoms with Crippen molar-refractivity contribution < 1.29 is 20.8 Å². The van der Waals surface area contributed by atoms with Crippen LogP contribution in [0, 0.1) is 13.8 Å². The molecule has 4 heteroatoms. The molecule has 0 bridgehead atoms. The molecule has 0 saturated heterocycles. The summed E-state index contributed by atoms with van der Waals surface area (Å²) >= 11 is -0.826. The summed E-state index contributed by atoms with van der Waals surface area (Å²) in [5.41, 5.74) is 12.7. The minimum atomic E-state index is -0.826. The Hall–Kier alpha value is -2.22. The topological polar surface area (TPSA) is 0 Å². The van der Waals surface area contributed by atoms with Crippen LogP contribution in [0.2, 0.25) is 13.1 Å². The Kier molecular flexibility index (Phi) is 15.4. The van der Waals surface area contributed by atoms with E-state index in [1.54, 1.807) is 0 Å². The molecule has 0 N–H and O–H groups in total. The van der Waals surface area contributed by atoms with Crippen molar-refractivity contribution in [2.75, 3.05) is 0 Å². The number of fused-ring (bicyclic) bond motifs is 2. The standard InChI is InChI=1S/C23H27.C20H21.C2H6Si.2ClH.Zr/c1-15(2)21-14-18-8-7-9-20(22(18)16(21)3)17-10-12-19(13-11-17)23(4,5)6;1-14-12-16-6-5-7-18(19(16)13-14)15-8-10-17(11-9-15)20(2,3)4;1-3-2;;;/h7-15H,1-6H3;5-13H,1-4H3;1-2H3;2*1H;/q2*-1;;;;+4/p-2. The Morgan fingerprint density at radius 2 is 1.06 bits per heavy atom. The van der Waals surface area contributed by atoms with Gasteiger partial charge in [-0.1, -0.05) is 154 Å². The van der Waals surface area contributed by atoms with Crippen molar-refractivity contribution in [2.24, 2.45) is 0 Å². The quantitative estimate of drug-likeness (QED) is 0.124. The molecule has 256 valence electrons. The van der Waals surface area contributed by atoms with Crippen molar-refractivity contribution in [2.45, 2.75) is 99.1 Å². The van der Waals surface area contributed by atoms with Gasteiger partial charge < -0.3 is 0 Å². The van der Waals surface area contributed by atoms with Gasteiger partial charge in [-0.15, -0.1) is 69.1 Å². The first-order chi connectivity index (χ1) is 23.1. The molecule has 6 aromatic rings. The van der Waals surface area contributed by atoms with E-state index in [0.29, 0.717) is 5.92 Å². The zero-order chi connectivity index (χ0) is 36.5. The maximum absolute atomic E-state index is 4.93. The van der Waals surface area contributed by atoms with E-state index < -0.39 is 20.8 Å². The molecular formula is C45H54Cl2SiZr. The second-order valence-electron chi connectivity index (χ2n) is 15.2. The molecule has 0 fully saturated rings. The van der Waals surface area contributed by atoms with Crippen LogP contribution >= 0.6 is 17.0 Å². The van der Waals surface area contributed by atoms with Crippen molar-refractivity contribution >= 4 is 48.1 Å². The monoisotopic (exact) mass is 782 g/mol. The Labute approximate surface area is 318 Å². The van der Waals surface area contributed by atoms with Crippen molar-refractivity contribution in [1.82, 2.24) is 0 Å². The van der Waals surface area contributed by atoms with E-state index in [1.165, 1.54) is 71.6 Å². The number of rotatable bonds is 3. The van der Waals surface area contributed by atoms with Gasteiger partial charge in [0.05, 0.1) is 0 Å². The van der Waals surface area contributed by atoms with E-state index in [1.807, 2.05) is 0 Å². The molecule has 49 heavy (non-hydrogen) atoms. The molecule has 0 aromatic heterocycles. The first-order valence-corrected chi connectivity index (χ1v) is 25.5. The first-order valence-electron chi connectivity index (χ1n) is 17.2. The molecule has 0 aliphatic heterocycles. The average molecular weight is 785 g/mol. The Morgan fingerprint density at radius 1 is 0.633 bits per heavy atom. The van der Waals surface area contributed by atoms with Crippen LogP contribution < -0.4 is 0 Å². The Morgan fingerprint density at radius 3 is 1.51 bits per heavy atom. The van der Waals surface area contributed by atoms with Gasteiger partial charge in [0.2, 0.25) is 0 Å². The van der Waals surface area contributed by atoms with Gasteiger partial charge in [-0.2, -0.15) is 11.6 Å². The first kappa shape index (κ1) is 41.2. The fourth-order valence-electron chi connectivity index (χ4n) is 6.31. The average Bonchev–Trinajstić information content (AvgIpc) is 3.60. The SMILES string of the molecule is C[Si]C.Cc1c(C(C)C)[cH-]c2cccc(-c3ccc(C(C)(C)C)cc3)c12.Cc1cc2c(-c3ccc(C(C)(C)C)cc3)cccc2[cH-]1.[Cl][Zr+2][Cl]. The summed E-state index contributed by atoms with van der Waals surface area (Å²) in [6.45, 7) is 26.8. The van der Waals surface area contributed by atoms with Gasteiger partial charge in [0, 0.05) is 9.52 Å². The van der Waals surface area contributed by atoms with Crippen molar-refractivity contribution in [1.29, 1.82) is 0 Å². The summed E-state index contributed by atoms with van der Waals surface area (Å²) in [7, 11) is 11.0. The van der Waals surface area contributed by atoms with Crippen LogP contribution in [0.1, 0.15) is 89.1 Å². The second kappa shape index (κ2) is 18.3. The van der Waals surface area contributed by atoms with Gasteiger partial charge in [-0.3, -0.25) is 0 Å². The number of hydrogen-bond donors (Lipinski definition) is 0. The van der Waals surface area contributed by atoms with Crippen LogP contribution in [-0.2, 0) is 31.7 Å². The molecule has 0 heterocycles. The predicted molar refractivity (Wildman–Crippen MR) is 220 cm³/mol. The third-order valence-corrected chi connectivity index (χ3v) is 8.86. The molecule has 0 aliphatic carbocycles. The van der Waals surface area contributed by atoms with Crippen LogP contribution in [0.5, 0.6) is 0 Å². The molecule has 0 unspecified atom stereocenters. The number of benzene rings is 4. The molecule has 0 nitrogen and oxygen atoms in total. The minimum absolute atomic E-state index is 0.200. The zero-order valence-corrected chi connectivity index (χ0v) is 36.6. The van der Waals surface area contributed by atoms with E-state index in [4.69, 9.17) is 17.0 Å². The molecular weight excluding hydrogens is 731 g/mol. The summed E-state index contributed by atoms with van der Waals surface area (Å²) in [6, 6.07) is 38.2. The molecule has 0 spiro atoms. The van der Waals surface area contributed by atoms with Gasteiger partial charge in [0.1, 0.15) is 0 Å². The number of halogens is 2. The van der Waals surface area contributed by atoms with Crippen LogP contribution in [0.25, 0.3) is 43.8 Å². The summed E-state index contributed by atoms with van der Waals surface area (Å²) in [5, 5.41) is 5.47. The summed E-state index contributed by atoms with van der Waals surface area (Å²) < 4.78 is 0. The molecule has 6 aromatic carbocycles. The third-order valence-electron chi connectivity index (χ3n) is 8.86. The maximum atomic E-state index is 4.93. The van der Waals surface area contributed by atoms with Crippen LogP contribution in [0.3, 0.4) is 0 Å². The molecule has 0 atom stereocenters. The fraction of sp³-hybridized carbons (Fsp3) is 0.333. The van der Waals surface area contributed by atoms with Gasteiger partial charge in [-0.25, -0.2) is 0 Å². The molecule has 0 aliphatic rings. The summed E-state index contributed by atoms with van der Waals surface area (Å²) in [4.78, 5) is 0. The Bertz CT molecular complexity index is 1890. The second-order valence-corrected chi connectivity index (χ2v) is 19.9. The van der Waals surface area contributed by atoms with E-state index >= 15 is 0 Å². The zero-order valence-electron chi connectivity index (χ0n) is 31.6. The van der Waals surface area contributed by atoms with E-state index in [-0.39, 0.29) is 10.8 Å². The van der Waals surface area contributed by atoms with Crippen LogP contribution in [0.15, 0.2) is 103 Å². The Balaban J connectivity index is 0.000000230. The normalized spacial score (nSPS) is 11.2. The summed E-state index contributed by atoms with van der Waals surface area (Å²) in [5.74, 6) is 0.568. The van der Waals surface area contributed by atoms with E-state index in [0.717, 1.165) is 9.52 Å². The third kappa shape index (κ3) is 10.9. The molecule has 0 saturated carbocycles. The molecule has 2 radical (unpaired) electrons. The van der Waals surface area contributed by atoms with Crippen molar-refractivity contribution in [3.8, 4) is 22.3 Å². The molecule has 6 rings (SSSR count). The van der Waals surface area contributed by atoms with Crippen molar-refractivity contribution in [3.05, 3.63) is 131 Å². The summed E-state index contributed by atoms with van der Waals surface area (Å²) in [6.07, 6.45) is 0. The number of hydrogen-bond acceptors (Lipinski definition) is 0. The van der Waals surface area contributed by atoms with Crippen LogP contribution in [0.4, 0.5) is 0 Å². The molecule has 0 amide bonds. The predicted octanol–water partition coefficient (Wildman–Crippen LogP) is 14.9. The van der Waals surface area contributed by atoms with Gasteiger partial charge >= 0.3 is 37.9 Å². The van der Waals surface area contributed by atoms with Gasteiger partial charge in [0.25, 0.3) is 0 Å². The van der Waals surface area contributed by atoms with Gasteiger partial charge in [-0.05, 0) is 39.0 Å². The number of aryl methyl sites for hydroxylation is 2. The van der Waals surface area contributed by atoms with Crippen LogP contribution in [-0.4, -0.2) is 9.52 Å². The van der Waals surface area contributed by atoms with Gasteiger partial charge in [0.15, 0.2) is 0 Å². The van der Waals surface area contributed by atoms with Crippen molar-refractivity contribution in [3.63, 3.8) is 0 Å². The van der Waals surface area contributed by atoms with E-state index in [2.05, 4.69) is 185 Å². The fourth-order valence-corrected chi connectivity index (χ4v) is 6.31.